The quantitative estimate of drug-likeness (QED) is 0.700. The number of halogens is 1. The van der Waals surface area contributed by atoms with E-state index in [1.165, 1.54) is 4.31 Å². The van der Waals surface area contributed by atoms with Crippen LogP contribution < -0.4 is 9.21 Å². The van der Waals surface area contributed by atoms with Crippen LogP contribution in [0.15, 0.2) is 30.5 Å². The lowest BCUT2D eigenvalue weighted by Crippen LogP contribution is -2.49. The lowest BCUT2D eigenvalue weighted by Gasteiger charge is -2.36. The summed E-state index contributed by atoms with van der Waals surface area (Å²) in [5, 5.41) is 0.274. The Labute approximate surface area is 188 Å². The fourth-order valence-electron chi connectivity index (χ4n) is 4.33. The van der Waals surface area contributed by atoms with E-state index in [1.54, 1.807) is 23.1 Å². The SMILES string of the molecule is Cc1cnc(N2CCN(C(=O)c3ccc(N4C[C@H](C)CS4(=O)=O)cc3Cl)CC2)c(C)c1. The van der Waals surface area contributed by atoms with Crippen molar-refractivity contribution in [3.8, 4) is 0 Å². The van der Waals surface area contributed by atoms with Crippen LogP contribution in [0.5, 0.6) is 0 Å². The Bertz CT molecular complexity index is 1110. The van der Waals surface area contributed by atoms with Gasteiger partial charge in [0.05, 0.1) is 22.0 Å². The highest BCUT2D eigenvalue weighted by atomic mass is 35.5. The van der Waals surface area contributed by atoms with E-state index >= 15 is 0 Å². The number of sulfonamides is 1. The minimum Gasteiger partial charge on any atom is -0.353 e. The van der Waals surface area contributed by atoms with Crippen molar-refractivity contribution >= 4 is 39.0 Å². The topological polar surface area (TPSA) is 73.8 Å². The highest BCUT2D eigenvalue weighted by Gasteiger charge is 2.34. The van der Waals surface area contributed by atoms with Crippen molar-refractivity contribution in [2.75, 3.05) is 47.7 Å². The Morgan fingerprint density at radius 3 is 2.42 bits per heavy atom. The second-order valence-corrected chi connectivity index (χ2v) is 10.9. The normalized spacial score (nSPS) is 20.9. The third kappa shape index (κ3) is 4.36. The molecule has 7 nitrogen and oxygen atoms in total. The zero-order chi connectivity index (χ0) is 22.3. The number of carbonyl (C=O) groups excluding carboxylic acids is 1. The van der Waals surface area contributed by atoms with Gasteiger partial charge in [-0.1, -0.05) is 24.6 Å². The maximum Gasteiger partial charge on any atom is 0.255 e. The second kappa shape index (κ2) is 8.31. The van der Waals surface area contributed by atoms with E-state index in [0.717, 1.165) is 16.9 Å². The number of nitrogens with zero attached hydrogens (tertiary/aromatic N) is 4. The van der Waals surface area contributed by atoms with Gasteiger partial charge in [0.15, 0.2) is 0 Å². The summed E-state index contributed by atoms with van der Waals surface area (Å²) in [6, 6.07) is 7.00. The van der Waals surface area contributed by atoms with Gasteiger partial charge in [-0.25, -0.2) is 13.4 Å². The third-order valence-corrected chi connectivity index (χ3v) is 8.17. The predicted octanol–water partition coefficient (Wildman–Crippen LogP) is 3.10. The number of hydrogen-bond acceptors (Lipinski definition) is 5. The lowest BCUT2D eigenvalue weighted by molar-refractivity contribution is 0.0746. The van der Waals surface area contributed by atoms with Gasteiger partial charge >= 0.3 is 0 Å². The van der Waals surface area contributed by atoms with E-state index in [1.807, 2.05) is 20.0 Å². The first kappa shape index (κ1) is 21.9. The number of pyridine rings is 1. The van der Waals surface area contributed by atoms with Crippen molar-refractivity contribution in [2.24, 2.45) is 5.92 Å². The summed E-state index contributed by atoms with van der Waals surface area (Å²) >= 11 is 6.42. The van der Waals surface area contributed by atoms with Gasteiger partial charge in [-0.15, -0.1) is 0 Å². The van der Waals surface area contributed by atoms with Gasteiger partial charge < -0.3 is 9.80 Å². The molecule has 0 spiro atoms. The molecule has 0 saturated carbocycles. The molecule has 3 heterocycles. The number of piperazine rings is 1. The zero-order valence-corrected chi connectivity index (χ0v) is 19.6. The monoisotopic (exact) mass is 462 g/mol. The van der Waals surface area contributed by atoms with Gasteiger partial charge in [-0.05, 0) is 49.1 Å². The fourth-order valence-corrected chi connectivity index (χ4v) is 6.50. The number of rotatable bonds is 3. The number of aryl methyl sites for hydroxylation is 2. The van der Waals surface area contributed by atoms with Crippen molar-refractivity contribution in [3.63, 3.8) is 0 Å². The van der Waals surface area contributed by atoms with E-state index in [0.29, 0.717) is 44.0 Å². The van der Waals surface area contributed by atoms with Crippen LogP contribution in [-0.4, -0.2) is 62.7 Å². The van der Waals surface area contributed by atoms with Crippen molar-refractivity contribution in [1.29, 1.82) is 0 Å². The molecule has 4 rings (SSSR count). The van der Waals surface area contributed by atoms with Crippen molar-refractivity contribution in [2.45, 2.75) is 20.8 Å². The van der Waals surface area contributed by atoms with E-state index in [4.69, 9.17) is 11.6 Å². The number of aromatic nitrogens is 1. The average Bonchev–Trinajstić information content (AvgIpc) is 2.99. The minimum absolute atomic E-state index is 0.0630. The summed E-state index contributed by atoms with van der Waals surface area (Å²) in [5.74, 6) is 1.02. The summed E-state index contributed by atoms with van der Waals surface area (Å²) in [5.41, 5.74) is 3.17. The minimum atomic E-state index is -3.33. The van der Waals surface area contributed by atoms with Crippen LogP contribution in [-0.2, 0) is 10.0 Å². The first-order chi connectivity index (χ1) is 14.7. The van der Waals surface area contributed by atoms with Crippen LogP contribution in [0.2, 0.25) is 5.02 Å². The van der Waals surface area contributed by atoms with E-state index in [-0.39, 0.29) is 22.6 Å². The van der Waals surface area contributed by atoms with Gasteiger partial charge in [-0.2, -0.15) is 0 Å². The molecule has 9 heteroatoms. The van der Waals surface area contributed by atoms with Crippen LogP contribution in [0.1, 0.15) is 28.4 Å². The zero-order valence-electron chi connectivity index (χ0n) is 18.0. The molecule has 1 aromatic carbocycles. The van der Waals surface area contributed by atoms with Crippen LogP contribution in [0, 0.1) is 19.8 Å². The number of hydrogen-bond donors (Lipinski definition) is 0. The second-order valence-electron chi connectivity index (χ2n) is 8.51. The van der Waals surface area contributed by atoms with Gasteiger partial charge in [0, 0.05) is 38.9 Å². The van der Waals surface area contributed by atoms with Gasteiger partial charge in [0.25, 0.3) is 5.91 Å². The first-order valence-corrected chi connectivity index (χ1v) is 12.4. The van der Waals surface area contributed by atoms with Crippen LogP contribution in [0.4, 0.5) is 11.5 Å². The van der Waals surface area contributed by atoms with Gasteiger partial charge in [0.1, 0.15) is 5.82 Å². The molecule has 31 heavy (non-hydrogen) atoms. The Morgan fingerprint density at radius 1 is 1.13 bits per heavy atom. The average molecular weight is 463 g/mol. The molecule has 0 radical (unpaired) electrons. The van der Waals surface area contributed by atoms with E-state index < -0.39 is 10.0 Å². The summed E-state index contributed by atoms with van der Waals surface area (Å²) in [7, 11) is -3.33. The number of carbonyl (C=O) groups is 1. The molecule has 2 fully saturated rings. The third-order valence-electron chi connectivity index (χ3n) is 5.83. The van der Waals surface area contributed by atoms with Crippen LogP contribution in [0.25, 0.3) is 0 Å². The number of anilines is 2. The van der Waals surface area contributed by atoms with Crippen molar-refractivity contribution in [1.82, 2.24) is 9.88 Å². The molecule has 2 aromatic rings. The van der Waals surface area contributed by atoms with Gasteiger partial charge in [0.2, 0.25) is 10.0 Å². The van der Waals surface area contributed by atoms with Crippen molar-refractivity contribution in [3.05, 3.63) is 52.2 Å². The number of benzene rings is 1. The summed E-state index contributed by atoms with van der Waals surface area (Å²) in [6.07, 6.45) is 1.86. The largest absolute Gasteiger partial charge is 0.353 e. The molecule has 1 atom stereocenters. The Morgan fingerprint density at radius 2 is 1.84 bits per heavy atom. The molecule has 0 unspecified atom stereocenters. The molecular weight excluding hydrogens is 436 g/mol. The van der Waals surface area contributed by atoms with E-state index in [2.05, 4.69) is 22.9 Å². The molecule has 2 aliphatic heterocycles. The summed E-state index contributed by atoms with van der Waals surface area (Å²) < 4.78 is 26.1. The maximum absolute atomic E-state index is 13.1. The summed E-state index contributed by atoms with van der Waals surface area (Å²) in [4.78, 5) is 21.6. The Kier molecular flexibility index (Phi) is 5.87. The summed E-state index contributed by atoms with van der Waals surface area (Å²) in [6.45, 7) is 8.95. The van der Waals surface area contributed by atoms with Crippen molar-refractivity contribution < 1.29 is 13.2 Å². The molecule has 1 amide bonds. The molecular formula is C22H27ClN4O3S. The smallest absolute Gasteiger partial charge is 0.255 e. The lowest BCUT2D eigenvalue weighted by atomic mass is 10.1. The van der Waals surface area contributed by atoms with Crippen LogP contribution >= 0.6 is 11.6 Å². The first-order valence-electron chi connectivity index (χ1n) is 10.4. The standard InChI is InChI=1S/C22H27ClN4O3S/c1-15-10-17(3)21(24-12-15)25-6-8-26(9-7-25)22(28)19-5-4-18(11-20(19)23)27-13-16(2)14-31(27,29)30/h4-5,10-12,16H,6-9,13-14H2,1-3H3/t16-/m0/s1. The van der Waals surface area contributed by atoms with Gasteiger partial charge in [-0.3, -0.25) is 9.10 Å². The molecule has 0 aliphatic carbocycles. The fraction of sp³-hybridized carbons (Fsp3) is 0.455. The Hall–Kier alpha value is -2.32. The molecule has 0 N–H and O–H groups in total. The predicted molar refractivity (Wildman–Crippen MR) is 124 cm³/mol. The molecule has 0 bridgehead atoms. The van der Waals surface area contributed by atoms with E-state index in [9.17, 15) is 13.2 Å². The molecule has 1 aromatic heterocycles. The molecule has 166 valence electrons. The number of amides is 1. The van der Waals surface area contributed by atoms with Crippen LogP contribution in [0.3, 0.4) is 0 Å². The Balaban J connectivity index is 1.46. The highest BCUT2D eigenvalue weighted by molar-refractivity contribution is 7.93. The maximum atomic E-state index is 13.1. The highest BCUT2D eigenvalue weighted by Crippen LogP contribution is 2.31. The molecule has 2 saturated heterocycles. The molecule has 2 aliphatic rings.